The van der Waals surface area contributed by atoms with Gasteiger partial charge in [0.15, 0.2) is 0 Å². The zero-order valence-electron chi connectivity index (χ0n) is 14.8. The van der Waals surface area contributed by atoms with E-state index in [1.165, 1.54) is 13.3 Å². The lowest BCUT2D eigenvalue weighted by Gasteiger charge is -2.04. The molecule has 0 aliphatic heterocycles. The number of nitrogens with one attached hydrogen (secondary N) is 1. The molecule has 27 heavy (non-hydrogen) atoms. The van der Waals surface area contributed by atoms with E-state index in [2.05, 4.69) is 15.3 Å². The summed E-state index contributed by atoms with van der Waals surface area (Å²) >= 11 is 0. The zero-order chi connectivity index (χ0) is 19.1. The van der Waals surface area contributed by atoms with E-state index in [0.717, 1.165) is 16.7 Å². The molecular weight excluding hydrogens is 340 g/mol. The third kappa shape index (κ3) is 4.67. The van der Waals surface area contributed by atoms with E-state index in [9.17, 15) is 9.59 Å². The molecule has 0 radical (unpaired) electrons. The number of ether oxygens (including phenoxy) is 1. The number of amides is 1. The van der Waals surface area contributed by atoms with E-state index in [4.69, 9.17) is 0 Å². The Morgan fingerprint density at radius 2 is 1.41 bits per heavy atom. The van der Waals surface area contributed by atoms with Gasteiger partial charge in [-0.15, -0.1) is 0 Å². The highest BCUT2D eigenvalue weighted by molar-refractivity contribution is 5.95. The number of hydrogen-bond donors (Lipinski definition) is 1. The number of carbonyl (C=O) groups is 2. The van der Waals surface area contributed by atoms with E-state index >= 15 is 0 Å². The molecule has 0 unspecified atom stereocenters. The van der Waals surface area contributed by atoms with Gasteiger partial charge in [-0.25, -0.2) is 10.2 Å². The van der Waals surface area contributed by atoms with Gasteiger partial charge in [0.1, 0.15) is 0 Å². The van der Waals surface area contributed by atoms with Crippen LogP contribution in [0.5, 0.6) is 0 Å². The maximum absolute atomic E-state index is 12.2. The van der Waals surface area contributed by atoms with E-state index in [1.54, 1.807) is 36.4 Å². The second kappa shape index (κ2) is 8.58. The average molecular weight is 358 g/mol. The number of hydrazone groups is 1. The highest BCUT2D eigenvalue weighted by Gasteiger charge is 2.05. The van der Waals surface area contributed by atoms with Crippen molar-refractivity contribution in [3.63, 3.8) is 0 Å². The number of benzene rings is 3. The number of rotatable bonds is 5. The molecule has 0 saturated carbocycles. The van der Waals surface area contributed by atoms with Crippen LogP contribution in [0.4, 0.5) is 0 Å². The number of methoxy groups -OCH3 is 1. The predicted molar refractivity (Wildman–Crippen MR) is 105 cm³/mol. The van der Waals surface area contributed by atoms with Crippen LogP contribution in [-0.2, 0) is 4.74 Å². The first kappa shape index (κ1) is 18.1. The zero-order valence-corrected chi connectivity index (χ0v) is 14.8. The largest absolute Gasteiger partial charge is 0.465 e. The number of nitrogens with zero attached hydrogens (tertiary/aromatic N) is 1. The highest BCUT2D eigenvalue weighted by atomic mass is 16.5. The monoisotopic (exact) mass is 358 g/mol. The lowest BCUT2D eigenvalue weighted by Crippen LogP contribution is -2.17. The first-order valence-corrected chi connectivity index (χ1v) is 8.34. The van der Waals surface area contributed by atoms with Crippen molar-refractivity contribution >= 4 is 18.1 Å². The van der Waals surface area contributed by atoms with Crippen molar-refractivity contribution in [2.75, 3.05) is 7.11 Å². The van der Waals surface area contributed by atoms with Crippen molar-refractivity contribution in [2.24, 2.45) is 5.10 Å². The number of carbonyl (C=O) groups excluding carboxylic acids is 2. The topological polar surface area (TPSA) is 67.8 Å². The maximum atomic E-state index is 12.2. The summed E-state index contributed by atoms with van der Waals surface area (Å²) in [5.74, 6) is -0.692. The summed E-state index contributed by atoms with van der Waals surface area (Å²) in [6.45, 7) is 0. The Morgan fingerprint density at radius 3 is 2.04 bits per heavy atom. The fourth-order valence-electron chi connectivity index (χ4n) is 2.50. The summed E-state index contributed by atoms with van der Waals surface area (Å²) in [5, 5.41) is 3.95. The molecule has 1 N–H and O–H groups in total. The highest BCUT2D eigenvalue weighted by Crippen LogP contribution is 2.19. The Labute approximate surface area is 157 Å². The smallest absolute Gasteiger partial charge is 0.337 e. The molecule has 0 heterocycles. The molecule has 0 spiro atoms. The van der Waals surface area contributed by atoms with Gasteiger partial charge in [-0.3, -0.25) is 4.79 Å². The standard InChI is InChI=1S/C22H18N2O3/c1-27-22(26)20-9-7-16(8-10-20)15-23-24-21(25)19-13-11-18(12-14-19)17-5-3-2-4-6-17/h2-15H,1H3,(H,24,25)/b23-15+. The number of esters is 1. The van der Waals surface area contributed by atoms with Crippen molar-refractivity contribution in [3.05, 3.63) is 95.6 Å². The van der Waals surface area contributed by atoms with Crippen LogP contribution in [0.3, 0.4) is 0 Å². The van der Waals surface area contributed by atoms with Crippen LogP contribution in [0.2, 0.25) is 0 Å². The Kier molecular flexibility index (Phi) is 5.74. The van der Waals surface area contributed by atoms with Crippen molar-refractivity contribution in [2.45, 2.75) is 0 Å². The molecule has 0 saturated heterocycles. The fraction of sp³-hybridized carbons (Fsp3) is 0.0455. The first-order chi connectivity index (χ1) is 13.2. The molecule has 5 nitrogen and oxygen atoms in total. The van der Waals surface area contributed by atoms with Gasteiger partial charge < -0.3 is 4.74 Å². The van der Waals surface area contributed by atoms with Crippen molar-refractivity contribution in [1.82, 2.24) is 5.43 Å². The van der Waals surface area contributed by atoms with Gasteiger partial charge in [-0.2, -0.15) is 5.10 Å². The van der Waals surface area contributed by atoms with Gasteiger partial charge in [0.2, 0.25) is 0 Å². The first-order valence-electron chi connectivity index (χ1n) is 8.34. The van der Waals surface area contributed by atoms with Crippen molar-refractivity contribution < 1.29 is 14.3 Å². The second-order valence-electron chi connectivity index (χ2n) is 5.76. The lowest BCUT2D eigenvalue weighted by molar-refractivity contribution is 0.0600. The Hall–Kier alpha value is -3.73. The van der Waals surface area contributed by atoms with Crippen LogP contribution in [0.1, 0.15) is 26.3 Å². The molecule has 134 valence electrons. The molecule has 0 atom stereocenters. The van der Waals surface area contributed by atoms with Crippen molar-refractivity contribution in [3.8, 4) is 11.1 Å². The molecule has 3 rings (SSSR count). The molecule has 0 fully saturated rings. The minimum atomic E-state index is -0.397. The SMILES string of the molecule is COC(=O)c1ccc(/C=N/NC(=O)c2ccc(-c3ccccc3)cc2)cc1. The third-order valence-electron chi connectivity index (χ3n) is 3.97. The summed E-state index contributed by atoms with van der Waals surface area (Å²) < 4.78 is 4.64. The summed E-state index contributed by atoms with van der Waals surface area (Å²) in [6, 6.07) is 24.0. The van der Waals surface area contributed by atoms with E-state index in [-0.39, 0.29) is 5.91 Å². The van der Waals surface area contributed by atoms with E-state index in [0.29, 0.717) is 11.1 Å². The Balaban J connectivity index is 1.60. The minimum Gasteiger partial charge on any atom is -0.465 e. The maximum Gasteiger partial charge on any atom is 0.337 e. The predicted octanol–water partition coefficient (Wildman–Crippen LogP) is 3.90. The Bertz CT molecular complexity index is 947. The Morgan fingerprint density at radius 1 is 0.815 bits per heavy atom. The van der Waals surface area contributed by atoms with Gasteiger partial charge in [0.05, 0.1) is 18.9 Å². The van der Waals surface area contributed by atoms with Gasteiger partial charge in [-0.05, 0) is 41.0 Å². The quantitative estimate of drug-likeness (QED) is 0.427. The minimum absolute atomic E-state index is 0.294. The summed E-state index contributed by atoms with van der Waals surface area (Å²) in [7, 11) is 1.33. The van der Waals surface area contributed by atoms with Crippen LogP contribution in [0, 0.1) is 0 Å². The van der Waals surface area contributed by atoms with Crippen LogP contribution in [-0.4, -0.2) is 25.2 Å². The van der Waals surface area contributed by atoms with Gasteiger partial charge in [-0.1, -0.05) is 54.6 Å². The molecule has 3 aromatic rings. The van der Waals surface area contributed by atoms with Crippen LogP contribution >= 0.6 is 0 Å². The third-order valence-corrected chi connectivity index (χ3v) is 3.97. The fourth-order valence-corrected chi connectivity index (χ4v) is 2.50. The summed E-state index contributed by atoms with van der Waals surface area (Å²) in [4.78, 5) is 23.6. The van der Waals surface area contributed by atoms with Gasteiger partial charge in [0, 0.05) is 5.56 Å². The van der Waals surface area contributed by atoms with E-state index in [1.807, 2.05) is 42.5 Å². The summed E-state index contributed by atoms with van der Waals surface area (Å²) in [5.41, 5.74) is 6.36. The molecule has 1 amide bonds. The van der Waals surface area contributed by atoms with E-state index < -0.39 is 5.97 Å². The molecule has 0 aliphatic carbocycles. The molecule has 0 bridgehead atoms. The van der Waals surface area contributed by atoms with Gasteiger partial charge >= 0.3 is 5.97 Å². The second-order valence-corrected chi connectivity index (χ2v) is 5.76. The molecule has 0 aliphatic rings. The number of hydrogen-bond acceptors (Lipinski definition) is 4. The average Bonchev–Trinajstić information content (AvgIpc) is 2.74. The molecule has 0 aromatic heterocycles. The van der Waals surface area contributed by atoms with Crippen LogP contribution in [0.25, 0.3) is 11.1 Å². The van der Waals surface area contributed by atoms with Gasteiger partial charge in [0.25, 0.3) is 5.91 Å². The van der Waals surface area contributed by atoms with Crippen molar-refractivity contribution in [1.29, 1.82) is 0 Å². The molecule has 5 heteroatoms. The van der Waals surface area contributed by atoms with Crippen LogP contribution < -0.4 is 5.43 Å². The lowest BCUT2D eigenvalue weighted by atomic mass is 10.0. The molecule has 3 aromatic carbocycles. The molecular formula is C22H18N2O3. The normalized spacial score (nSPS) is 10.6. The summed E-state index contributed by atoms with van der Waals surface area (Å²) in [6.07, 6.45) is 1.51. The van der Waals surface area contributed by atoms with Crippen LogP contribution in [0.15, 0.2) is 84.0 Å².